The molecule has 2 bridgehead atoms. The molecule has 3 saturated carbocycles. The van der Waals surface area contributed by atoms with E-state index in [0.717, 1.165) is 23.8 Å². The van der Waals surface area contributed by atoms with Crippen LogP contribution in [0.25, 0.3) is 0 Å². The van der Waals surface area contributed by atoms with Crippen LogP contribution in [-0.4, -0.2) is 18.1 Å². The number of hydrogen-bond acceptors (Lipinski definition) is 2. The highest BCUT2D eigenvalue weighted by Gasteiger charge is 2.42. The molecular formula is C14H26N2. The first-order chi connectivity index (χ1) is 7.72. The molecule has 0 aromatic heterocycles. The summed E-state index contributed by atoms with van der Waals surface area (Å²) < 4.78 is 0. The van der Waals surface area contributed by atoms with Crippen molar-refractivity contribution in [1.29, 1.82) is 0 Å². The van der Waals surface area contributed by atoms with Crippen molar-refractivity contribution in [2.75, 3.05) is 0 Å². The van der Waals surface area contributed by atoms with Crippen LogP contribution in [0.15, 0.2) is 0 Å². The Morgan fingerprint density at radius 3 is 2.50 bits per heavy atom. The summed E-state index contributed by atoms with van der Waals surface area (Å²) in [5.41, 5.74) is 5.97. The molecule has 3 aliphatic carbocycles. The first-order valence-corrected chi connectivity index (χ1v) is 7.24. The minimum Gasteiger partial charge on any atom is -0.328 e. The van der Waals surface area contributed by atoms with Gasteiger partial charge < -0.3 is 11.1 Å². The molecule has 0 heterocycles. The van der Waals surface area contributed by atoms with Crippen LogP contribution in [-0.2, 0) is 0 Å². The SMILES string of the molecule is CC(NC1CCC(N)C1)C1CC2CCC1C2. The Labute approximate surface area is 99.4 Å². The minimum atomic E-state index is 0.463. The van der Waals surface area contributed by atoms with Gasteiger partial charge in [0.05, 0.1) is 0 Å². The van der Waals surface area contributed by atoms with Crippen molar-refractivity contribution in [1.82, 2.24) is 5.32 Å². The monoisotopic (exact) mass is 222 g/mol. The zero-order chi connectivity index (χ0) is 11.1. The summed E-state index contributed by atoms with van der Waals surface area (Å²) in [5.74, 6) is 3.09. The quantitative estimate of drug-likeness (QED) is 0.769. The summed E-state index contributed by atoms with van der Waals surface area (Å²) in [5, 5.41) is 3.86. The maximum Gasteiger partial charge on any atom is 0.00849 e. The lowest BCUT2D eigenvalue weighted by Gasteiger charge is -2.31. The third-order valence-corrected chi connectivity index (χ3v) is 5.41. The molecule has 92 valence electrons. The second-order valence-electron chi connectivity index (χ2n) is 6.56. The maximum absolute atomic E-state index is 5.97. The highest BCUT2D eigenvalue weighted by atomic mass is 15.0. The number of fused-ring (bicyclic) bond motifs is 2. The van der Waals surface area contributed by atoms with E-state index in [9.17, 15) is 0 Å². The van der Waals surface area contributed by atoms with Gasteiger partial charge in [0.25, 0.3) is 0 Å². The Morgan fingerprint density at radius 2 is 1.94 bits per heavy atom. The molecule has 0 aromatic rings. The van der Waals surface area contributed by atoms with Crippen LogP contribution in [0.2, 0.25) is 0 Å². The van der Waals surface area contributed by atoms with Gasteiger partial charge in [0.2, 0.25) is 0 Å². The van der Waals surface area contributed by atoms with Crippen LogP contribution in [0.5, 0.6) is 0 Å². The third-order valence-electron chi connectivity index (χ3n) is 5.41. The van der Waals surface area contributed by atoms with E-state index in [-0.39, 0.29) is 0 Å². The van der Waals surface area contributed by atoms with E-state index in [1.165, 1.54) is 44.9 Å². The Balaban J connectivity index is 1.51. The molecule has 6 unspecified atom stereocenters. The maximum atomic E-state index is 5.97. The first kappa shape index (κ1) is 11.0. The van der Waals surface area contributed by atoms with E-state index in [0.29, 0.717) is 12.1 Å². The molecule has 2 heteroatoms. The third kappa shape index (κ3) is 2.02. The summed E-state index contributed by atoms with van der Waals surface area (Å²) in [6.07, 6.45) is 9.77. The Bertz CT molecular complexity index is 253. The number of rotatable bonds is 3. The van der Waals surface area contributed by atoms with Crippen molar-refractivity contribution < 1.29 is 0 Å². The number of hydrogen-bond donors (Lipinski definition) is 2. The Kier molecular flexibility index (Phi) is 2.97. The molecule has 3 fully saturated rings. The van der Waals surface area contributed by atoms with E-state index in [4.69, 9.17) is 5.73 Å². The Hall–Kier alpha value is -0.0800. The van der Waals surface area contributed by atoms with E-state index in [2.05, 4.69) is 12.2 Å². The molecule has 3 rings (SSSR count). The fraction of sp³-hybridized carbons (Fsp3) is 1.00. The molecule has 0 aliphatic heterocycles. The lowest BCUT2D eigenvalue weighted by atomic mass is 9.83. The molecule has 0 radical (unpaired) electrons. The average molecular weight is 222 g/mol. The van der Waals surface area contributed by atoms with Gasteiger partial charge in [-0.05, 0) is 63.2 Å². The van der Waals surface area contributed by atoms with Gasteiger partial charge in [-0.25, -0.2) is 0 Å². The van der Waals surface area contributed by atoms with Crippen LogP contribution >= 0.6 is 0 Å². The second-order valence-corrected chi connectivity index (χ2v) is 6.56. The van der Waals surface area contributed by atoms with E-state index in [1.54, 1.807) is 0 Å². The summed E-state index contributed by atoms with van der Waals surface area (Å²) >= 11 is 0. The van der Waals surface area contributed by atoms with Crippen LogP contribution in [0.1, 0.15) is 51.9 Å². The van der Waals surface area contributed by atoms with Gasteiger partial charge in [0.1, 0.15) is 0 Å². The van der Waals surface area contributed by atoms with E-state index in [1.807, 2.05) is 0 Å². The fourth-order valence-electron chi connectivity index (χ4n) is 4.57. The molecule has 0 saturated heterocycles. The van der Waals surface area contributed by atoms with Crippen LogP contribution in [0.4, 0.5) is 0 Å². The summed E-state index contributed by atoms with van der Waals surface area (Å²) in [6, 6.07) is 1.90. The topological polar surface area (TPSA) is 38.0 Å². The lowest BCUT2D eigenvalue weighted by Crippen LogP contribution is -2.42. The molecule has 0 aromatic carbocycles. The van der Waals surface area contributed by atoms with Crippen molar-refractivity contribution in [3.05, 3.63) is 0 Å². The van der Waals surface area contributed by atoms with Crippen molar-refractivity contribution in [2.45, 2.75) is 70.0 Å². The number of nitrogens with two attached hydrogens (primary N) is 1. The van der Waals surface area contributed by atoms with Crippen molar-refractivity contribution in [3.8, 4) is 0 Å². The summed E-state index contributed by atoms with van der Waals surface area (Å²) in [4.78, 5) is 0. The normalized spacial score (nSPS) is 48.8. The predicted octanol–water partition coefficient (Wildman–Crippen LogP) is 2.28. The van der Waals surface area contributed by atoms with Gasteiger partial charge in [-0.3, -0.25) is 0 Å². The van der Waals surface area contributed by atoms with E-state index >= 15 is 0 Å². The number of nitrogens with one attached hydrogen (secondary N) is 1. The summed E-state index contributed by atoms with van der Waals surface area (Å²) in [7, 11) is 0. The molecule has 3 N–H and O–H groups in total. The molecule has 3 aliphatic rings. The molecule has 0 amide bonds. The molecule has 2 nitrogen and oxygen atoms in total. The second kappa shape index (κ2) is 4.30. The van der Waals surface area contributed by atoms with Crippen LogP contribution in [0, 0.1) is 17.8 Å². The molecule has 0 spiro atoms. The lowest BCUT2D eigenvalue weighted by molar-refractivity contribution is 0.244. The molecule has 6 atom stereocenters. The minimum absolute atomic E-state index is 0.463. The fourth-order valence-corrected chi connectivity index (χ4v) is 4.57. The predicted molar refractivity (Wildman–Crippen MR) is 67.2 cm³/mol. The highest BCUT2D eigenvalue weighted by molar-refractivity contribution is 4.95. The van der Waals surface area contributed by atoms with Gasteiger partial charge >= 0.3 is 0 Å². The van der Waals surface area contributed by atoms with Gasteiger partial charge in [0, 0.05) is 18.1 Å². The average Bonchev–Trinajstić information content (AvgIpc) is 2.93. The van der Waals surface area contributed by atoms with Crippen molar-refractivity contribution in [3.63, 3.8) is 0 Å². The van der Waals surface area contributed by atoms with Gasteiger partial charge in [-0.15, -0.1) is 0 Å². The standard InChI is InChI=1S/C14H26N2/c1-9(16-13-5-4-12(15)8-13)14-7-10-2-3-11(14)6-10/h9-14,16H,2-8,15H2,1H3. The first-order valence-electron chi connectivity index (χ1n) is 7.24. The van der Waals surface area contributed by atoms with Gasteiger partial charge in [-0.2, -0.15) is 0 Å². The van der Waals surface area contributed by atoms with Gasteiger partial charge in [-0.1, -0.05) is 6.42 Å². The summed E-state index contributed by atoms with van der Waals surface area (Å²) in [6.45, 7) is 2.41. The highest BCUT2D eigenvalue weighted by Crippen LogP contribution is 2.49. The molecule has 16 heavy (non-hydrogen) atoms. The molecular weight excluding hydrogens is 196 g/mol. The van der Waals surface area contributed by atoms with Gasteiger partial charge in [0.15, 0.2) is 0 Å². The zero-order valence-corrected chi connectivity index (χ0v) is 10.5. The smallest absolute Gasteiger partial charge is 0.00849 e. The Morgan fingerprint density at radius 1 is 1.06 bits per heavy atom. The van der Waals surface area contributed by atoms with Crippen molar-refractivity contribution >= 4 is 0 Å². The van der Waals surface area contributed by atoms with Crippen LogP contribution in [0.3, 0.4) is 0 Å². The van der Waals surface area contributed by atoms with Crippen LogP contribution < -0.4 is 11.1 Å². The zero-order valence-electron chi connectivity index (χ0n) is 10.5. The van der Waals surface area contributed by atoms with E-state index < -0.39 is 0 Å². The largest absolute Gasteiger partial charge is 0.328 e. The van der Waals surface area contributed by atoms with Crippen molar-refractivity contribution in [2.24, 2.45) is 23.5 Å².